The maximum atomic E-state index is 12.0. The molecule has 0 bridgehead atoms. The van der Waals surface area contributed by atoms with E-state index in [9.17, 15) is 4.79 Å². The van der Waals surface area contributed by atoms with Gasteiger partial charge in [-0.3, -0.25) is 14.7 Å². The zero-order valence-electron chi connectivity index (χ0n) is 16.3. The lowest BCUT2D eigenvalue weighted by Gasteiger charge is -2.33. The lowest BCUT2D eigenvalue weighted by atomic mass is 10.1. The summed E-state index contributed by atoms with van der Waals surface area (Å²) in [7, 11) is 1.69. The normalized spacial score (nSPS) is 16.5. The van der Waals surface area contributed by atoms with E-state index in [1.54, 1.807) is 25.6 Å². The van der Waals surface area contributed by atoms with Gasteiger partial charge in [0.25, 0.3) is 0 Å². The van der Waals surface area contributed by atoms with Crippen LogP contribution in [0.4, 0.5) is 0 Å². The molecule has 1 aliphatic rings. The first-order valence-electron chi connectivity index (χ1n) is 9.77. The predicted octanol–water partition coefficient (Wildman–Crippen LogP) is 1.88. The Morgan fingerprint density at radius 1 is 1.11 bits per heavy atom. The number of carbonyl (C=O) groups is 1. The van der Waals surface area contributed by atoms with Crippen molar-refractivity contribution in [2.75, 3.05) is 33.2 Å². The summed E-state index contributed by atoms with van der Waals surface area (Å²) < 4.78 is 10.9. The number of guanidine groups is 1. The van der Waals surface area contributed by atoms with Crippen LogP contribution in [-0.2, 0) is 11.3 Å². The number of furan rings is 2. The quantitative estimate of drug-likeness (QED) is 0.473. The van der Waals surface area contributed by atoms with Crippen molar-refractivity contribution in [2.24, 2.45) is 4.99 Å². The van der Waals surface area contributed by atoms with E-state index in [-0.39, 0.29) is 18.5 Å². The number of piperidine rings is 1. The van der Waals surface area contributed by atoms with Crippen molar-refractivity contribution >= 4 is 11.9 Å². The van der Waals surface area contributed by atoms with E-state index < -0.39 is 0 Å². The third-order valence-corrected chi connectivity index (χ3v) is 4.85. The van der Waals surface area contributed by atoms with Crippen LogP contribution < -0.4 is 16.0 Å². The second-order valence-electron chi connectivity index (χ2n) is 6.79. The van der Waals surface area contributed by atoms with Crippen LogP contribution in [-0.4, -0.2) is 50.0 Å². The van der Waals surface area contributed by atoms with Crippen molar-refractivity contribution in [3.63, 3.8) is 0 Å². The van der Waals surface area contributed by atoms with E-state index in [1.165, 1.54) is 19.3 Å². The molecule has 1 amide bonds. The summed E-state index contributed by atoms with van der Waals surface area (Å²) in [5.41, 5.74) is 0. The molecule has 8 heteroatoms. The monoisotopic (exact) mass is 387 g/mol. The summed E-state index contributed by atoms with van der Waals surface area (Å²) >= 11 is 0. The van der Waals surface area contributed by atoms with Gasteiger partial charge in [0.1, 0.15) is 11.5 Å². The van der Waals surface area contributed by atoms with Crippen LogP contribution in [0.15, 0.2) is 50.6 Å². The van der Waals surface area contributed by atoms with Gasteiger partial charge in [-0.2, -0.15) is 0 Å². The molecule has 1 fully saturated rings. The minimum absolute atomic E-state index is 0.127. The molecule has 1 aliphatic heterocycles. The molecule has 3 N–H and O–H groups in total. The van der Waals surface area contributed by atoms with Crippen molar-refractivity contribution in [1.29, 1.82) is 0 Å². The molecule has 1 unspecified atom stereocenters. The second-order valence-corrected chi connectivity index (χ2v) is 6.79. The topological polar surface area (TPSA) is 95.0 Å². The summed E-state index contributed by atoms with van der Waals surface area (Å²) in [6.07, 6.45) is 7.00. The third kappa shape index (κ3) is 5.88. The molecule has 2 aromatic rings. The van der Waals surface area contributed by atoms with Gasteiger partial charge in [0, 0.05) is 13.6 Å². The van der Waals surface area contributed by atoms with Crippen LogP contribution in [0.25, 0.3) is 0 Å². The first-order chi connectivity index (χ1) is 13.8. The van der Waals surface area contributed by atoms with Crippen molar-refractivity contribution < 1.29 is 13.6 Å². The van der Waals surface area contributed by atoms with Crippen molar-refractivity contribution in [2.45, 2.75) is 31.8 Å². The average Bonchev–Trinajstić information content (AvgIpc) is 3.44. The zero-order chi connectivity index (χ0) is 19.6. The lowest BCUT2D eigenvalue weighted by molar-refractivity contribution is -0.120. The van der Waals surface area contributed by atoms with Gasteiger partial charge >= 0.3 is 0 Å². The Balaban J connectivity index is 1.46. The smallest absolute Gasteiger partial charge is 0.239 e. The fourth-order valence-corrected chi connectivity index (χ4v) is 3.36. The molecule has 152 valence electrons. The van der Waals surface area contributed by atoms with E-state index >= 15 is 0 Å². The number of nitrogens with one attached hydrogen (secondary N) is 3. The number of hydrogen-bond donors (Lipinski definition) is 3. The molecule has 1 saturated heterocycles. The van der Waals surface area contributed by atoms with Crippen molar-refractivity contribution in [3.05, 3.63) is 48.3 Å². The highest BCUT2D eigenvalue weighted by Crippen LogP contribution is 2.24. The highest BCUT2D eigenvalue weighted by molar-refractivity contribution is 5.86. The van der Waals surface area contributed by atoms with Crippen LogP contribution in [0.3, 0.4) is 0 Å². The van der Waals surface area contributed by atoms with E-state index in [0.29, 0.717) is 19.0 Å². The minimum Gasteiger partial charge on any atom is -0.468 e. The molecule has 0 saturated carbocycles. The Morgan fingerprint density at radius 2 is 1.89 bits per heavy atom. The second kappa shape index (κ2) is 10.6. The molecule has 0 aliphatic carbocycles. The molecular formula is C20H29N5O3. The number of carbonyl (C=O) groups excluding carboxylic acids is 1. The van der Waals surface area contributed by atoms with Crippen LogP contribution in [0.2, 0.25) is 0 Å². The first kappa shape index (κ1) is 20.0. The molecule has 2 aromatic heterocycles. The van der Waals surface area contributed by atoms with Crippen LogP contribution >= 0.6 is 0 Å². The summed E-state index contributed by atoms with van der Waals surface area (Å²) in [5.74, 6) is 2.12. The molecule has 1 atom stereocenters. The van der Waals surface area contributed by atoms with E-state index in [0.717, 1.165) is 24.6 Å². The van der Waals surface area contributed by atoms with Crippen molar-refractivity contribution in [3.8, 4) is 0 Å². The summed E-state index contributed by atoms with van der Waals surface area (Å²) in [6, 6.07) is 7.69. The number of likely N-dealkylation sites (tertiary alicyclic amines) is 1. The third-order valence-electron chi connectivity index (χ3n) is 4.85. The molecule has 28 heavy (non-hydrogen) atoms. The number of aliphatic imine (C=N–C) groups is 1. The Morgan fingerprint density at radius 3 is 2.57 bits per heavy atom. The standard InChI is InChI=1S/C20H29N5O3/c1-21-20(24-15-19(26)22-13-16-7-5-11-27-16)23-14-17(18-8-6-12-28-18)25-9-3-2-4-10-25/h5-8,11-12,17H,2-4,9-10,13-15H2,1H3,(H,22,26)(H2,21,23,24). The fourth-order valence-electron chi connectivity index (χ4n) is 3.36. The number of hydrogen-bond acceptors (Lipinski definition) is 5. The van der Waals surface area contributed by atoms with Gasteiger partial charge in [0.05, 0.1) is 31.7 Å². The molecule has 0 aromatic carbocycles. The zero-order valence-corrected chi connectivity index (χ0v) is 16.3. The Bertz CT molecular complexity index is 721. The summed E-state index contributed by atoms with van der Waals surface area (Å²) in [6.45, 7) is 3.29. The minimum atomic E-state index is -0.127. The van der Waals surface area contributed by atoms with Gasteiger partial charge < -0.3 is 24.8 Å². The molecule has 3 heterocycles. The van der Waals surface area contributed by atoms with Gasteiger partial charge in [-0.1, -0.05) is 6.42 Å². The first-order valence-corrected chi connectivity index (χ1v) is 9.77. The SMILES string of the molecule is CN=C(NCC(=O)NCc1ccco1)NCC(c1ccco1)N1CCCCC1. The van der Waals surface area contributed by atoms with Crippen molar-refractivity contribution in [1.82, 2.24) is 20.9 Å². The Kier molecular flexibility index (Phi) is 7.54. The summed E-state index contributed by atoms with van der Waals surface area (Å²) in [4.78, 5) is 18.7. The maximum absolute atomic E-state index is 12.0. The van der Waals surface area contributed by atoms with Crippen LogP contribution in [0.5, 0.6) is 0 Å². The summed E-state index contributed by atoms with van der Waals surface area (Å²) in [5, 5.41) is 9.17. The van der Waals surface area contributed by atoms with Gasteiger partial charge in [0.15, 0.2) is 5.96 Å². The molecule has 0 spiro atoms. The Labute approximate surface area is 165 Å². The number of amides is 1. The highest BCUT2D eigenvalue weighted by Gasteiger charge is 2.24. The average molecular weight is 387 g/mol. The fraction of sp³-hybridized carbons (Fsp3) is 0.500. The number of nitrogens with zero attached hydrogens (tertiary/aromatic N) is 2. The van der Waals surface area contributed by atoms with Crippen LogP contribution in [0.1, 0.15) is 36.8 Å². The van der Waals surface area contributed by atoms with E-state index in [4.69, 9.17) is 8.83 Å². The largest absolute Gasteiger partial charge is 0.468 e. The maximum Gasteiger partial charge on any atom is 0.239 e. The molecule has 8 nitrogen and oxygen atoms in total. The Hall–Kier alpha value is -2.74. The van der Waals surface area contributed by atoms with Gasteiger partial charge in [0.2, 0.25) is 5.91 Å². The number of rotatable bonds is 8. The van der Waals surface area contributed by atoms with Gasteiger partial charge in [-0.25, -0.2) is 0 Å². The molecular weight excluding hydrogens is 358 g/mol. The lowest BCUT2D eigenvalue weighted by Crippen LogP contribution is -2.46. The van der Waals surface area contributed by atoms with Crippen LogP contribution in [0, 0.1) is 0 Å². The van der Waals surface area contributed by atoms with E-state index in [1.807, 2.05) is 18.2 Å². The molecule has 3 rings (SSSR count). The van der Waals surface area contributed by atoms with Gasteiger partial charge in [-0.15, -0.1) is 0 Å². The highest BCUT2D eigenvalue weighted by atomic mass is 16.3. The predicted molar refractivity (Wildman–Crippen MR) is 107 cm³/mol. The molecule has 0 radical (unpaired) electrons. The van der Waals surface area contributed by atoms with Gasteiger partial charge in [-0.05, 0) is 50.2 Å². The van der Waals surface area contributed by atoms with E-state index in [2.05, 4.69) is 25.8 Å².